The van der Waals surface area contributed by atoms with Gasteiger partial charge in [0, 0.05) is 12.0 Å². The van der Waals surface area contributed by atoms with Crippen molar-refractivity contribution in [2.24, 2.45) is 4.40 Å². The van der Waals surface area contributed by atoms with Gasteiger partial charge < -0.3 is 10.6 Å². The summed E-state index contributed by atoms with van der Waals surface area (Å²) < 4.78 is 81.0. The van der Waals surface area contributed by atoms with Crippen molar-refractivity contribution in [1.29, 1.82) is 0 Å². The van der Waals surface area contributed by atoms with Gasteiger partial charge in [0.25, 0.3) is 5.91 Å². The SMILES string of the molecule is Cc1cc(C2=NSC(c3cc(Cl)c(Cl)c(Cl)c3)(C(F)(F)F)C2)ccc1C(=O)NCC(=O)NCC(F)(F)F. The zero-order valence-electron chi connectivity index (χ0n) is 18.6. The highest BCUT2D eigenvalue weighted by Gasteiger charge is 2.60. The summed E-state index contributed by atoms with van der Waals surface area (Å²) >= 11 is 18.1. The zero-order chi connectivity index (χ0) is 27.8. The molecule has 5 nitrogen and oxygen atoms in total. The van der Waals surface area contributed by atoms with E-state index in [2.05, 4.69) is 9.71 Å². The Labute approximate surface area is 226 Å². The Hall–Kier alpha value is -2.15. The van der Waals surface area contributed by atoms with Gasteiger partial charge in [-0.1, -0.05) is 40.9 Å². The Morgan fingerprint density at radius 2 is 1.65 bits per heavy atom. The fraction of sp³-hybridized carbons (Fsp3) is 0.318. The molecule has 2 aromatic carbocycles. The number of nitrogens with one attached hydrogen (secondary N) is 2. The summed E-state index contributed by atoms with van der Waals surface area (Å²) in [5.41, 5.74) is 0.630. The van der Waals surface area contributed by atoms with Crippen molar-refractivity contribution >= 4 is 64.3 Å². The van der Waals surface area contributed by atoms with Crippen molar-refractivity contribution < 1.29 is 35.9 Å². The predicted octanol–water partition coefficient (Wildman–Crippen LogP) is 6.66. The quantitative estimate of drug-likeness (QED) is 0.220. The second kappa shape index (κ2) is 10.9. The van der Waals surface area contributed by atoms with Crippen molar-refractivity contribution in [3.63, 3.8) is 0 Å². The van der Waals surface area contributed by atoms with Gasteiger partial charge >= 0.3 is 12.4 Å². The first kappa shape index (κ1) is 29.4. The molecule has 2 N–H and O–H groups in total. The number of alkyl halides is 6. The molecule has 0 spiro atoms. The number of halogens is 9. The minimum Gasteiger partial charge on any atom is -0.345 e. The molecule has 2 aromatic rings. The Bertz CT molecular complexity index is 1250. The zero-order valence-corrected chi connectivity index (χ0v) is 21.7. The first-order valence-corrected chi connectivity index (χ1v) is 12.1. The number of nitrogens with zero attached hydrogens (tertiary/aromatic N) is 1. The van der Waals surface area contributed by atoms with E-state index in [1.54, 1.807) is 5.32 Å². The van der Waals surface area contributed by atoms with Crippen molar-refractivity contribution in [3.8, 4) is 0 Å². The topological polar surface area (TPSA) is 70.6 Å². The second-order valence-electron chi connectivity index (χ2n) is 7.99. The molecule has 1 heterocycles. The monoisotopic (exact) mass is 605 g/mol. The number of benzene rings is 2. The number of hydrogen-bond acceptors (Lipinski definition) is 4. The molecule has 0 saturated heterocycles. The van der Waals surface area contributed by atoms with Gasteiger partial charge in [0.2, 0.25) is 5.91 Å². The lowest BCUT2D eigenvalue weighted by Gasteiger charge is -2.30. The van der Waals surface area contributed by atoms with Gasteiger partial charge in [-0.2, -0.15) is 26.3 Å². The summed E-state index contributed by atoms with van der Waals surface area (Å²) in [5, 5.41) is 3.47. The number of amides is 2. The maximum atomic E-state index is 14.3. The van der Waals surface area contributed by atoms with Crippen LogP contribution in [-0.2, 0) is 9.54 Å². The van der Waals surface area contributed by atoms with Crippen LogP contribution in [0.25, 0.3) is 0 Å². The number of carbonyl (C=O) groups is 2. The smallest absolute Gasteiger partial charge is 0.345 e. The highest BCUT2D eigenvalue weighted by molar-refractivity contribution is 7.99. The Kier molecular flexibility index (Phi) is 8.67. The van der Waals surface area contributed by atoms with E-state index in [0.717, 1.165) is 12.1 Å². The summed E-state index contributed by atoms with van der Waals surface area (Å²) in [6, 6.07) is 6.35. The minimum absolute atomic E-state index is 0.0733. The van der Waals surface area contributed by atoms with Crippen LogP contribution in [0.4, 0.5) is 26.3 Å². The van der Waals surface area contributed by atoms with E-state index >= 15 is 0 Å². The summed E-state index contributed by atoms with van der Waals surface area (Å²) in [7, 11) is 0. The summed E-state index contributed by atoms with van der Waals surface area (Å²) in [4.78, 5) is 23.9. The summed E-state index contributed by atoms with van der Waals surface area (Å²) in [5.74, 6) is -1.78. The molecular weight excluding hydrogens is 591 g/mol. The van der Waals surface area contributed by atoms with Crippen molar-refractivity contribution in [2.45, 2.75) is 30.4 Å². The number of hydrogen-bond donors (Lipinski definition) is 2. The van der Waals surface area contributed by atoms with Gasteiger partial charge in [0.05, 0.1) is 27.3 Å². The Balaban J connectivity index is 1.77. The van der Waals surface area contributed by atoms with Gasteiger partial charge in [-0.05, 0) is 59.8 Å². The third-order valence-electron chi connectivity index (χ3n) is 5.34. The van der Waals surface area contributed by atoms with Gasteiger partial charge in [-0.15, -0.1) is 0 Å². The van der Waals surface area contributed by atoms with Crippen LogP contribution in [0.5, 0.6) is 0 Å². The lowest BCUT2D eigenvalue weighted by atomic mass is 9.89. The molecule has 1 aliphatic heterocycles. The fourth-order valence-electron chi connectivity index (χ4n) is 3.46. The summed E-state index contributed by atoms with van der Waals surface area (Å²) in [6.07, 6.45) is -9.89. The van der Waals surface area contributed by atoms with E-state index in [1.807, 2.05) is 0 Å². The molecule has 37 heavy (non-hydrogen) atoms. The van der Waals surface area contributed by atoms with Crippen molar-refractivity contribution in [3.05, 3.63) is 67.7 Å². The van der Waals surface area contributed by atoms with Crippen LogP contribution in [0.3, 0.4) is 0 Å². The van der Waals surface area contributed by atoms with Crippen molar-refractivity contribution in [2.75, 3.05) is 13.1 Å². The van der Waals surface area contributed by atoms with Crippen LogP contribution >= 0.6 is 46.8 Å². The molecule has 200 valence electrons. The second-order valence-corrected chi connectivity index (χ2v) is 10.2. The number of aryl methyl sites for hydroxylation is 1. The largest absolute Gasteiger partial charge is 0.409 e. The van der Waals surface area contributed by atoms with Crippen molar-refractivity contribution in [1.82, 2.24) is 10.6 Å². The Morgan fingerprint density at radius 1 is 1.03 bits per heavy atom. The molecule has 2 amide bonds. The van der Waals surface area contributed by atoms with Gasteiger partial charge in [0.1, 0.15) is 6.54 Å². The molecular formula is C22H16Cl3F6N3O2S. The van der Waals surface area contributed by atoms with E-state index in [0.29, 0.717) is 23.1 Å². The van der Waals surface area contributed by atoms with Gasteiger partial charge in [-0.25, -0.2) is 4.40 Å². The van der Waals surface area contributed by atoms with Crippen LogP contribution in [0.1, 0.15) is 33.5 Å². The average molecular weight is 607 g/mol. The summed E-state index contributed by atoms with van der Waals surface area (Å²) in [6.45, 7) is -0.719. The third kappa shape index (κ3) is 6.65. The number of carbonyl (C=O) groups excluding carboxylic acids is 2. The van der Waals surface area contributed by atoms with Crippen LogP contribution in [-0.4, -0.2) is 43.0 Å². The molecule has 0 aromatic heterocycles. The molecule has 1 atom stereocenters. The van der Waals surface area contributed by atoms with E-state index in [4.69, 9.17) is 34.8 Å². The molecule has 0 saturated carbocycles. The third-order valence-corrected chi connectivity index (χ3v) is 7.77. The van der Waals surface area contributed by atoms with Crippen LogP contribution in [0.2, 0.25) is 15.1 Å². The van der Waals surface area contributed by atoms with Gasteiger partial charge in [-0.3, -0.25) is 9.59 Å². The van der Waals surface area contributed by atoms with E-state index < -0.39 is 48.4 Å². The fourth-order valence-corrected chi connectivity index (χ4v) is 5.02. The standard InChI is InChI=1S/C22H16Cl3F6N3O2S/c1-10-4-11(2-3-13(10)19(36)32-8-17(35)33-9-21(26,27)28)16-7-20(37-34-16,22(29,30)31)12-5-14(23)18(25)15(24)6-12/h2-6H,7-9H2,1H3,(H,32,36)(H,33,35). The van der Waals surface area contributed by atoms with E-state index in [9.17, 15) is 35.9 Å². The lowest BCUT2D eigenvalue weighted by Crippen LogP contribution is -2.41. The molecule has 1 unspecified atom stereocenters. The lowest BCUT2D eigenvalue weighted by molar-refractivity contribution is -0.159. The maximum absolute atomic E-state index is 14.3. The predicted molar refractivity (Wildman–Crippen MR) is 131 cm³/mol. The average Bonchev–Trinajstić information content (AvgIpc) is 3.26. The maximum Gasteiger partial charge on any atom is 0.409 e. The first-order valence-electron chi connectivity index (χ1n) is 10.2. The molecule has 0 aliphatic carbocycles. The van der Waals surface area contributed by atoms with Crippen LogP contribution in [0.15, 0.2) is 34.7 Å². The molecule has 15 heteroatoms. The van der Waals surface area contributed by atoms with Gasteiger partial charge in [0.15, 0.2) is 4.75 Å². The first-order chi connectivity index (χ1) is 17.0. The normalized spacial score (nSPS) is 17.9. The molecule has 3 rings (SSSR count). The minimum atomic E-state index is -4.75. The number of rotatable bonds is 6. The molecule has 0 bridgehead atoms. The molecule has 0 fully saturated rings. The van der Waals surface area contributed by atoms with Crippen LogP contribution in [0, 0.1) is 6.92 Å². The van der Waals surface area contributed by atoms with Crippen LogP contribution < -0.4 is 10.6 Å². The molecule has 0 radical (unpaired) electrons. The molecule has 1 aliphatic rings. The highest BCUT2D eigenvalue weighted by atomic mass is 35.5. The van der Waals surface area contributed by atoms with E-state index in [-0.39, 0.29) is 31.9 Å². The highest BCUT2D eigenvalue weighted by Crippen LogP contribution is 2.57. The Morgan fingerprint density at radius 3 is 2.19 bits per heavy atom. The van der Waals surface area contributed by atoms with E-state index in [1.165, 1.54) is 25.1 Å².